The first-order chi connectivity index (χ1) is 17.0. The maximum absolute atomic E-state index is 15.3. The molecular formula is C25H26ClFN2O6S. The van der Waals surface area contributed by atoms with Crippen LogP contribution in [0.4, 0.5) is 14.9 Å². The van der Waals surface area contributed by atoms with Gasteiger partial charge in [-0.25, -0.2) is 22.4 Å². The third-order valence-electron chi connectivity index (χ3n) is 6.34. The van der Waals surface area contributed by atoms with E-state index in [2.05, 4.69) is 4.72 Å². The molecule has 4 rings (SSSR count). The highest BCUT2D eigenvalue weighted by Crippen LogP contribution is 2.33. The van der Waals surface area contributed by atoms with Crippen molar-refractivity contribution in [1.29, 1.82) is 0 Å². The van der Waals surface area contributed by atoms with Crippen LogP contribution in [0.1, 0.15) is 42.4 Å². The van der Waals surface area contributed by atoms with Crippen LogP contribution in [0.25, 0.3) is 11.0 Å². The SMILES string of the molecule is Cc1c(Cc2cccc(NS(=O)(=O)C3CCCC3)c2F)c(=O)oc2cc(OC(=O)N(C)C)c(Cl)cc12. The quantitative estimate of drug-likeness (QED) is 0.432. The molecule has 0 saturated heterocycles. The van der Waals surface area contributed by atoms with E-state index in [1.165, 1.54) is 49.3 Å². The summed E-state index contributed by atoms with van der Waals surface area (Å²) < 4.78 is 53.7. The van der Waals surface area contributed by atoms with Gasteiger partial charge in [-0.3, -0.25) is 4.72 Å². The number of carbonyl (C=O) groups excluding carboxylic acids is 1. The van der Waals surface area contributed by atoms with Crippen LogP contribution in [0, 0.1) is 12.7 Å². The van der Waals surface area contributed by atoms with Crippen molar-refractivity contribution >= 4 is 44.4 Å². The third-order valence-corrected chi connectivity index (χ3v) is 8.49. The van der Waals surface area contributed by atoms with Crippen molar-refractivity contribution in [2.45, 2.75) is 44.3 Å². The largest absolute Gasteiger partial charge is 0.422 e. The molecule has 8 nitrogen and oxygen atoms in total. The average Bonchev–Trinajstić information content (AvgIpc) is 3.36. The number of halogens is 2. The molecule has 0 aliphatic heterocycles. The predicted molar refractivity (Wildman–Crippen MR) is 136 cm³/mol. The number of ether oxygens (including phenoxy) is 1. The van der Waals surface area contributed by atoms with Gasteiger partial charge in [-0.1, -0.05) is 36.6 Å². The molecule has 0 radical (unpaired) electrons. The Morgan fingerprint density at radius 3 is 2.61 bits per heavy atom. The van der Waals surface area contributed by atoms with Gasteiger partial charge in [0.2, 0.25) is 10.0 Å². The minimum atomic E-state index is -3.72. The lowest BCUT2D eigenvalue weighted by Gasteiger charge is -2.16. The highest BCUT2D eigenvalue weighted by Gasteiger charge is 2.29. The highest BCUT2D eigenvalue weighted by molar-refractivity contribution is 7.93. The van der Waals surface area contributed by atoms with E-state index >= 15 is 4.39 Å². The molecule has 192 valence electrons. The van der Waals surface area contributed by atoms with Crippen LogP contribution < -0.4 is 15.1 Å². The lowest BCUT2D eigenvalue weighted by Crippen LogP contribution is -2.26. The first-order valence-corrected chi connectivity index (χ1v) is 13.3. The molecule has 1 aliphatic rings. The Hall–Kier alpha value is -3.11. The van der Waals surface area contributed by atoms with Crippen LogP contribution in [-0.4, -0.2) is 38.8 Å². The summed E-state index contributed by atoms with van der Waals surface area (Å²) >= 11 is 6.30. The summed E-state index contributed by atoms with van der Waals surface area (Å²) in [6.45, 7) is 1.68. The molecule has 36 heavy (non-hydrogen) atoms. The fourth-order valence-electron chi connectivity index (χ4n) is 4.28. The van der Waals surface area contributed by atoms with Crippen molar-refractivity contribution in [1.82, 2.24) is 4.90 Å². The van der Waals surface area contributed by atoms with Gasteiger partial charge >= 0.3 is 11.7 Å². The van der Waals surface area contributed by atoms with E-state index in [0.29, 0.717) is 23.8 Å². The normalized spacial score (nSPS) is 14.2. The lowest BCUT2D eigenvalue weighted by atomic mass is 9.99. The molecule has 1 heterocycles. The third kappa shape index (κ3) is 5.19. The Morgan fingerprint density at radius 2 is 1.94 bits per heavy atom. The molecule has 0 unspecified atom stereocenters. The van der Waals surface area contributed by atoms with Crippen molar-refractivity contribution < 1.29 is 26.8 Å². The van der Waals surface area contributed by atoms with Crippen molar-refractivity contribution in [3.8, 4) is 5.75 Å². The molecule has 1 amide bonds. The second kappa shape index (κ2) is 10.1. The van der Waals surface area contributed by atoms with E-state index < -0.39 is 32.8 Å². The van der Waals surface area contributed by atoms with Crippen LogP contribution in [0.2, 0.25) is 5.02 Å². The topological polar surface area (TPSA) is 106 Å². The number of hydrogen-bond donors (Lipinski definition) is 1. The fourth-order valence-corrected chi connectivity index (χ4v) is 6.07. The molecule has 0 bridgehead atoms. The fraction of sp³-hybridized carbons (Fsp3) is 0.360. The van der Waals surface area contributed by atoms with Crippen molar-refractivity contribution in [3.63, 3.8) is 0 Å². The second-order valence-electron chi connectivity index (χ2n) is 9.04. The molecule has 1 aliphatic carbocycles. The Kier molecular flexibility index (Phi) is 7.28. The van der Waals surface area contributed by atoms with Gasteiger partial charge in [0.1, 0.15) is 5.58 Å². The number of amides is 1. The van der Waals surface area contributed by atoms with Gasteiger partial charge in [0.05, 0.1) is 16.0 Å². The molecule has 1 N–H and O–H groups in total. The van der Waals surface area contributed by atoms with Crippen LogP contribution in [0.15, 0.2) is 39.5 Å². The number of carbonyl (C=O) groups is 1. The number of hydrogen-bond acceptors (Lipinski definition) is 6. The summed E-state index contributed by atoms with van der Waals surface area (Å²) in [7, 11) is -0.686. The predicted octanol–water partition coefficient (Wildman–Crippen LogP) is 5.23. The van der Waals surface area contributed by atoms with Crippen LogP contribution in [0.3, 0.4) is 0 Å². The van der Waals surface area contributed by atoms with Gasteiger partial charge in [0.15, 0.2) is 11.6 Å². The van der Waals surface area contributed by atoms with E-state index in [-0.39, 0.29) is 39.6 Å². The van der Waals surface area contributed by atoms with E-state index in [1.807, 2.05) is 0 Å². The van der Waals surface area contributed by atoms with Gasteiger partial charge in [0, 0.05) is 37.5 Å². The zero-order chi connectivity index (χ0) is 26.2. The van der Waals surface area contributed by atoms with Gasteiger partial charge in [-0.05, 0) is 43.0 Å². The summed E-state index contributed by atoms with van der Waals surface area (Å²) in [4.78, 5) is 25.9. The smallest absolute Gasteiger partial charge is 0.414 e. The number of rotatable bonds is 6. The molecule has 11 heteroatoms. The van der Waals surface area contributed by atoms with Crippen molar-refractivity contribution in [2.24, 2.45) is 0 Å². The summed E-state index contributed by atoms with van der Waals surface area (Å²) in [5.74, 6) is -0.714. The Morgan fingerprint density at radius 1 is 1.25 bits per heavy atom. The number of benzene rings is 2. The Labute approximate surface area is 213 Å². The number of nitrogens with one attached hydrogen (secondary N) is 1. The van der Waals surface area contributed by atoms with Gasteiger partial charge in [0.25, 0.3) is 0 Å². The molecular weight excluding hydrogens is 511 g/mol. The Bertz CT molecular complexity index is 1500. The average molecular weight is 537 g/mol. The molecule has 3 aromatic rings. The highest BCUT2D eigenvalue weighted by atomic mass is 35.5. The minimum absolute atomic E-state index is 0.0338. The first kappa shape index (κ1) is 26.0. The maximum Gasteiger partial charge on any atom is 0.414 e. The van der Waals surface area contributed by atoms with Crippen LogP contribution in [-0.2, 0) is 16.4 Å². The van der Waals surface area contributed by atoms with Crippen LogP contribution >= 0.6 is 11.6 Å². The number of nitrogens with zero attached hydrogens (tertiary/aromatic N) is 1. The number of aryl methyl sites for hydroxylation is 1. The first-order valence-electron chi connectivity index (χ1n) is 11.4. The zero-order valence-electron chi connectivity index (χ0n) is 20.1. The minimum Gasteiger partial charge on any atom is -0.422 e. The molecule has 0 spiro atoms. The lowest BCUT2D eigenvalue weighted by molar-refractivity contribution is 0.172. The molecule has 1 saturated carbocycles. The van der Waals surface area contributed by atoms with Crippen molar-refractivity contribution in [3.05, 3.63) is 68.3 Å². The van der Waals surface area contributed by atoms with Crippen LogP contribution in [0.5, 0.6) is 5.75 Å². The van der Waals surface area contributed by atoms with Gasteiger partial charge < -0.3 is 14.1 Å². The second-order valence-corrected chi connectivity index (χ2v) is 11.4. The number of fused-ring (bicyclic) bond motifs is 1. The molecule has 1 aromatic heterocycles. The summed E-state index contributed by atoms with van der Waals surface area (Å²) in [6, 6.07) is 7.25. The standard InChI is InChI=1S/C25H26ClFN2O6S/c1-14-17-12-19(26)22(35-25(31)29(2)3)13-21(17)34-24(30)18(14)11-15-7-6-10-20(23(15)27)28-36(32,33)16-8-4-5-9-16/h6-7,10,12-13,16,28H,4-5,8-9,11H2,1-3H3. The van der Waals surface area contributed by atoms with E-state index in [0.717, 1.165) is 12.8 Å². The molecule has 0 atom stereocenters. The van der Waals surface area contributed by atoms with E-state index in [4.69, 9.17) is 20.8 Å². The summed E-state index contributed by atoms with van der Waals surface area (Å²) in [5, 5.41) is 0.0924. The number of anilines is 1. The molecule has 1 fully saturated rings. The van der Waals surface area contributed by atoms with Gasteiger partial charge in [-0.2, -0.15) is 0 Å². The van der Waals surface area contributed by atoms with E-state index in [1.54, 1.807) is 6.92 Å². The zero-order valence-corrected chi connectivity index (χ0v) is 21.6. The summed E-state index contributed by atoms with van der Waals surface area (Å²) in [6.07, 6.45) is 1.98. The van der Waals surface area contributed by atoms with E-state index in [9.17, 15) is 18.0 Å². The number of sulfonamides is 1. The molecule has 2 aromatic carbocycles. The summed E-state index contributed by atoms with van der Waals surface area (Å²) in [5.41, 5.74) is 0.169. The Balaban J connectivity index is 1.67. The van der Waals surface area contributed by atoms with Gasteiger partial charge in [-0.15, -0.1) is 0 Å². The monoisotopic (exact) mass is 536 g/mol. The maximum atomic E-state index is 15.3. The van der Waals surface area contributed by atoms with Crippen molar-refractivity contribution in [2.75, 3.05) is 18.8 Å².